The first kappa shape index (κ1) is 30.2. The number of nitrogens with zero attached hydrogens (tertiary/aromatic N) is 6. The normalized spacial score (nSPS) is 11.6. The molecule has 1 heterocycles. The predicted octanol–water partition coefficient (Wildman–Crippen LogP) is 4.72. The molecular weight excluding hydrogens is 532 g/mol. The SMILES string of the molecule is CCN(CC)CCN(C(=O)c1ccc(S(=O)(=O)N(CCC#N)CCC#N)cc1)c1nc2c(C)c(C)ccc2s1. The van der Waals surface area contributed by atoms with Crippen LogP contribution in [0, 0.1) is 36.5 Å². The van der Waals surface area contributed by atoms with Gasteiger partial charge in [-0.15, -0.1) is 0 Å². The number of likely N-dealkylation sites (N-methyl/N-ethyl adjacent to an activating group) is 1. The number of hydrogen-bond acceptors (Lipinski definition) is 8. The van der Waals surface area contributed by atoms with Crippen molar-refractivity contribution in [3.05, 3.63) is 53.1 Å². The van der Waals surface area contributed by atoms with Crippen molar-refractivity contribution >= 4 is 42.6 Å². The van der Waals surface area contributed by atoms with Crippen molar-refractivity contribution in [3.8, 4) is 12.1 Å². The molecule has 9 nitrogen and oxygen atoms in total. The Kier molecular flexibility index (Phi) is 10.6. The molecule has 11 heteroatoms. The van der Waals surface area contributed by atoms with Crippen LogP contribution in [-0.2, 0) is 10.0 Å². The Hall–Kier alpha value is -3.35. The highest BCUT2D eigenvalue weighted by molar-refractivity contribution is 7.89. The van der Waals surface area contributed by atoms with E-state index in [2.05, 4.69) is 24.8 Å². The smallest absolute Gasteiger partial charge is 0.260 e. The van der Waals surface area contributed by atoms with E-state index >= 15 is 0 Å². The van der Waals surface area contributed by atoms with Crippen molar-refractivity contribution in [1.82, 2.24) is 14.2 Å². The van der Waals surface area contributed by atoms with E-state index in [0.717, 1.165) is 38.7 Å². The molecule has 0 saturated carbocycles. The molecule has 3 rings (SSSR count). The van der Waals surface area contributed by atoms with Gasteiger partial charge in [-0.1, -0.05) is 31.3 Å². The summed E-state index contributed by atoms with van der Waals surface area (Å²) in [7, 11) is -3.93. The van der Waals surface area contributed by atoms with Crippen LogP contribution < -0.4 is 4.90 Å². The fraction of sp³-hybridized carbons (Fsp3) is 0.429. The van der Waals surface area contributed by atoms with E-state index in [-0.39, 0.29) is 36.7 Å². The third-order valence-electron chi connectivity index (χ3n) is 6.77. The Morgan fingerprint density at radius 1 is 0.923 bits per heavy atom. The number of aromatic nitrogens is 1. The zero-order valence-electron chi connectivity index (χ0n) is 22.8. The Labute approximate surface area is 234 Å². The van der Waals surface area contributed by atoms with E-state index in [1.165, 1.54) is 35.6 Å². The van der Waals surface area contributed by atoms with E-state index in [4.69, 9.17) is 15.5 Å². The number of carbonyl (C=O) groups is 1. The number of nitriles is 2. The molecule has 0 atom stereocenters. The minimum atomic E-state index is -3.93. The second kappa shape index (κ2) is 13.6. The zero-order chi connectivity index (χ0) is 28.6. The average molecular weight is 567 g/mol. The zero-order valence-corrected chi connectivity index (χ0v) is 24.5. The second-order valence-corrected chi connectivity index (χ2v) is 12.0. The molecule has 2 aromatic carbocycles. The van der Waals surface area contributed by atoms with Gasteiger partial charge in [0.25, 0.3) is 5.91 Å². The van der Waals surface area contributed by atoms with Gasteiger partial charge in [-0.2, -0.15) is 14.8 Å². The van der Waals surface area contributed by atoms with Gasteiger partial charge < -0.3 is 4.90 Å². The van der Waals surface area contributed by atoms with Gasteiger partial charge in [0.05, 0.1) is 27.3 Å². The summed E-state index contributed by atoms with van der Waals surface area (Å²) in [6.45, 7) is 11.0. The van der Waals surface area contributed by atoms with E-state index in [9.17, 15) is 13.2 Å². The largest absolute Gasteiger partial charge is 0.302 e. The molecule has 0 aliphatic heterocycles. The molecule has 0 fully saturated rings. The number of amides is 1. The minimum Gasteiger partial charge on any atom is -0.302 e. The molecule has 39 heavy (non-hydrogen) atoms. The van der Waals surface area contributed by atoms with E-state index in [1.54, 1.807) is 4.90 Å². The number of rotatable bonds is 13. The number of thiazole rings is 1. The topological polar surface area (TPSA) is 121 Å². The van der Waals surface area contributed by atoms with Crippen LogP contribution in [0.2, 0.25) is 0 Å². The highest BCUT2D eigenvalue weighted by Crippen LogP contribution is 2.32. The lowest BCUT2D eigenvalue weighted by molar-refractivity contribution is 0.0983. The first-order valence-corrected chi connectivity index (χ1v) is 15.2. The fourth-order valence-electron chi connectivity index (χ4n) is 4.17. The second-order valence-electron chi connectivity index (χ2n) is 9.08. The van der Waals surface area contributed by atoms with Gasteiger partial charge in [-0.3, -0.25) is 9.69 Å². The number of hydrogen-bond donors (Lipinski definition) is 0. The molecule has 206 valence electrons. The molecule has 3 aromatic rings. The minimum absolute atomic E-state index is 0.00315. The third kappa shape index (κ3) is 7.00. The van der Waals surface area contributed by atoms with E-state index < -0.39 is 10.0 Å². The molecule has 1 aromatic heterocycles. The molecular formula is C28H34N6O3S2. The van der Waals surface area contributed by atoms with Crippen molar-refractivity contribution in [2.45, 2.75) is 45.4 Å². The number of fused-ring (bicyclic) bond motifs is 1. The van der Waals surface area contributed by atoms with Crippen LogP contribution in [0.1, 0.15) is 48.2 Å². The first-order chi connectivity index (χ1) is 18.7. The number of aryl methyl sites for hydroxylation is 2. The standard InChI is InChI=1S/C28H34N6O3S2/c1-5-32(6-2)19-20-34(28-31-26-22(4)21(3)9-14-25(26)38-28)27(35)23-10-12-24(13-11-23)39(36,37)33(17-7-15-29)18-8-16-30/h9-14H,5-8,17-20H2,1-4H3. The Morgan fingerprint density at radius 3 is 2.10 bits per heavy atom. The van der Waals surface area contributed by atoms with Crippen molar-refractivity contribution in [2.24, 2.45) is 0 Å². The number of anilines is 1. The summed E-state index contributed by atoms with van der Waals surface area (Å²) in [4.78, 5) is 22.5. The average Bonchev–Trinajstić information content (AvgIpc) is 3.37. The van der Waals surface area contributed by atoms with Gasteiger partial charge in [-0.25, -0.2) is 13.4 Å². The maximum absolute atomic E-state index is 13.8. The van der Waals surface area contributed by atoms with Crippen LogP contribution in [0.4, 0.5) is 5.13 Å². The first-order valence-electron chi connectivity index (χ1n) is 12.9. The molecule has 0 aliphatic rings. The fourth-order valence-corrected chi connectivity index (χ4v) is 6.66. The van der Waals surface area contributed by atoms with Crippen molar-refractivity contribution in [2.75, 3.05) is 44.2 Å². The molecule has 0 bridgehead atoms. The Morgan fingerprint density at radius 2 is 1.54 bits per heavy atom. The monoisotopic (exact) mass is 566 g/mol. The van der Waals surface area contributed by atoms with Crippen LogP contribution in [0.5, 0.6) is 0 Å². The van der Waals surface area contributed by atoms with Crippen molar-refractivity contribution in [1.29, 1.82) is 10.5 Å². The summed E-state index contributed by atoms with van der Waals surface area (Å²) < 4.78 is 28.5. The molecule has 0 aliphatic carbocycles. The summed E-state index contributed by atoms with van der Waals surface area (Å²) in [5.41, 5.74) is 3.45. The van der Waals surface area contributed by atoms with E-state index in [1.807, 2.05) is 32.1 Å². The molecule has 0 radical (unpaired) electrons. The van der Waals surface area contributed by atoms with Crippen LogP contribution in [0.15, 0.2) is 41.3 Å². The molecule has 0 N–H and O–H groups in total. The number of benzene rings is 2. The molecule has 1 amide bonds. The van der Waals surface area contributed by atoms with Gasteiger partial charge in [-0.05, 0) is 68.4 Å². The quantitative estimate of drug-likeness (QED) is 0.293. The molecule has 0 saturated heterocycles. The lowest BCUT2D eigenvalue weighted by atomic mass is 10.1. The van der Waals surface area contributed by atoms with Gasteiger partial charge in [0.2, 0.25) is 10.0 Å². The Bertz CT molecular complexity index is 1460. The van der Waals surface area contributed by atoms with Crippen LogP contribution >= 0.6 is 11.3 Å². The highest BCUT2D eigenvalue weighted by Gasteiger charge is 2.26. The van der Waals surface area contributed by atoms with Crippen molar-refractivity contribution in [3.63, 3.8) is 0 Å². The van der Waals surface area contributed by atoms with Crippen LogP contribution in [0.3, 0.4) is 0 Å². The molecule has 0 unspecified atom stereocenters. The maximum Gasteiger partial charge on any atom is 0.260 e. The lowest BCUT2D eigenvalue weighted by Crippen LogP contribution is -2.39. The van der Waals surface area contributed by atoms with E-state index in [0.29, 0.717) is 23.8 Å². The maximum atomic E-state index is 13.8. The van der Waals surface area contributed by atoms with Gasteiger partial charge in [0.15, 0.2) is 5.13 Å². The van der Waals surface area contributed by atoms with Gasteiger partial charge in [0.1, 0.15) is 0 Å². The predicted molar refractivity (Wildman–Crippen MR) is 154 cm³/mol. The van der Waals surface area contributed by atoms with Crippen LogP contribution in [0.25, 0.3) is 10.2 Å². The Balaban J connectivity index is 1.94. The summed E-state index contributed by atoms with van der Waals surface area (Å²) in [6.07, 6.45) is 0.0355. The third-order valence-corrected chi connectivity index (χ3v) is 9.73. The number of sulfonamides is 1. The van der Waals surface area contributed by atoms with Crippen molar-refractivity contribution < 1.29 is 13.2 Å². The van der Waals surface area contributed by atoms with Gasteiger partial charge >= 0.3 is 0 Å². The lowest BCUT2D eigenvalue weighted by Gasteiger charge is -2.25. The van der Waals surface area contributed by atoms with Gasteiger partial charge in [0, 0.05) is 44.6 Å². The summed E-state index contributed by atoms with van der Waals surface area (Å²) in [5, 5.41) is 18.4. The summed E-state index contributed by atoms with van der Waals surface area (Å²) in [5.74, 6) is -0.259. The molecule has 0 spiro atoms. The summed E-state index contributed by atoms with van der Waals surface area (Å²) >= 11 is 1.46. The highest BCUT2D eigenvalue weighted by atomic mass is 32.2. The van der Waals surface area contributed by atoms with Crippen LogP contribution in [-0.4, -0.2) is 67.8 Å². The summed E-state index contributed by atoms with van der Waals surface area (Å²) in [6, 6.07) is 13.8. The number of carbonyl (C=O) groups excluding carboxylic acids is 1.